The minimum Gasteiger partial charge on any atom is -0.294 e. The summed E-state index contributed by atoms with van der Waals surface area (Å²) < 4.78 is 0. The van der Waals surface area contributed by atoms with Crippen molar-refractivity contribution in [3.8, 4) is 0 Å². The van der Waals surface area contributed by atoms with Crippen molar-refractivity contribution in [2.24, 2.45) is 15.9 Å². The average Bonchev–Trinajstić information content (AvgIpc) is 2.82. The van der Waals surface area contributed by atoms with Crippen LogP contribution in [0.25, 0.3) is 0 Å². The highest BCUT2D eigenvalue weighted by Gasteiger charge is 2.48. The third-order valence-corrected chi connectivity index (χ3v) is 3.63. The fraction of sp³-hybridized carbons (Fsp3) is 1.00. The van der Waals surface area contributed by atoms with Crippen LogP contribution in [0, 0.1) is 5.41 Å². The Hall–Kier alpha value is -0.880. The fourth-order valence-corrected chi connectivity index (χ4v) is 2.84. The van der Waals surface area contributed by atoms with Gasteiger partial charge in [-0.15, -0.1) is 0 Å². The van der Waals surface area contributed by atoms with Crippen molar-refractivity contribution in [1.29, 1.82) is 0 Å². The molecule has 0 bridgehead atoms. The highest BCUT2D eigenvalue weighted by molar-refractivity contribution is 4.98. The lowest BCUT2D eigenvalue weighted by atomic mass is 9.85. The lowest BCUT2D eigenvalue weighted by Gasteiger charge is -2.39. The van der Waals surface area contributed by atoms with Gasteiger partial charge in [0, 0.05) is 18.5 Å². The van der Waals surface area contributed by atoms with Crippen molar-refractivity contribution in [2.45, 2.75) is 26.2 Å². The van der Waals surface area contributed by atoms with Gasteiger partial charge in [0.05, 0.1) is 13.1 Å². The molecule has 0 aromatic rings. The number of fused-ring (bicyclic) bond motifs is 2. The van der Waals surface area contributed by atoms with Crippen LogP contribution in [0.15, 0.2) is 10.4 Å². The van der Waals surface area contributed by atoms with Gasteiger partial charge >= 0.3 is 0 Å². The first-order valence-electron chi connectivity index (χ1n) is 5.61. The van der Waals surface area contributed by atoms with E-state index in [0.717, 1.165) is 26.2 Å². The Morgan fingerprint density at radius 1 is 1.00 bits per heavy atom. The Balaban J connectivity index is 1.96. The Bertz CT molecular complexity index is 262. The van der Waals surface area contributed by atoms with Crippen LogP contribution in [-0.4, -0.2) is 48.5 Å². The summed E-state index contributed by atoms with van der Waals surface area (Å²) in [4.78, 5) is 0. The molecule has 0 radical (unpaired) electrons. The topological polar surface area (TPSA) is 55.3 Å². The maximum Gasteiger partial charge on any atom is 0.107 e. The summed E-state index contributed by atoms with van der Waals surface area (Å²) in [6.45, 7) is 8.46. The Kier molecular flexibility index (Phi) is 1.90. The summed E-state index contributed by atoms with van der Waals surface area (Å²) in [6, 6.07) is 0. The molecule has 15 heavy (non-hydrogen) atoms. The first-order chi connectivity index (χ1) is 7.19. The van der Waals surface area contributed by atoms with Gasteiger partial charge in [0.25, 0.3) is 0 Å². The van der Waals surface area contributed by atoms with Crippen molar-refractivity contribution in [1.82, 2.24) is 20.7 Å². The van der Waals surface area contributed by atoms with E-state index in [0.29, 0.717) is 12.3 Å². The van der Waals surface area contributed by atoms with Gasteiger partial charge in [0.2, 0.25) is 0 Å². The first kappa shape index (κ1) is 9.35. The van der Waals surface area contributed by atoms with Crippen molar-refractivity contribution in [3.05, 3.63) is 0 Å². The number of nitrogens with zero attached hydrogens (tertiary/aromatic N) is 4. The minimum absolute atomic E-state index is 0.108. The van der Waals surface area contributed by atoms with Gasteiger partial charge in [-0.25, -0.2) is 0 Å². The molecule has 0 saturated carbocycles. The van der Waals surface area contributed by atoms with Crippen LogP contribution in [0.2, 0.25) is 0 Å². The summed E-state index contributed by atoms with van der Waals surface area (Å²) in [7, 11) is 0. The molecule has 84 valence electrons. The van der Waals surface area contributed by atoms with E-state index in [1.807, 2.05) is 0 Å². The molecule has 3 heterocycles. The molecule has 2 N–H and O–H groups in total. The summed E-state index contributed by atoms with van der Waals surface area (Å²) in [6.07, 6.45) is 0.587. The van der Waals surface area contributed by atoms with Gasteiger partial charge in [-0.1, -0.05) is 24.3 Å². The van der Waals surface area contributed by atoms with Gasteiger partial charge in [-0.2, -0.15) is 0 Å². The summed E-state index contributed by atoms with van der Waals surface area (Å²) >= 11 is 0. The van der Waals surface area contributed by atoms with Gasteiger partial charge < -0.3 is 0 Å². The van der Waals surface area contributed by atoms with E-state index in [-0.39, 0.29) is 5.41 Å². The predicted molar refractivity (Wildman–Crippen MR) is 55.6 cm³/mol. The molecule has 0 aromatic carbocycles. The molecule has 2 atom stereocenters. The third-order valence-electron chi connectivity index (χ3n) is 3.63. The van der Waals surface area contributed by atoms with Crippen LogP contribution in [0.4, 0.5) is 0 Å². The molecule has 3 rings (SSSR count). The van der Waals surface area contributed by atoms with Crippen molar-refractivity contribution >= 4 is 0 Å². The zero-order valence-electron chi connectivity index (χ0n) is 9.27. The fourth-order valence-electron chi connectivity index (χ4n) is 2.84. The summed E-state index contributed by atoms with van der Waals surface area (Å²) in [5.74, 6) is 0. The first-order valence-corrected chi connectivity index (χ1v) is 5.61. The lowest BCUT2D eigenvalue weighted by Crippen LogP contribution is -2.56. The summed E-state index contributed by atoms with van der Waals surface area (Å²) in [5.41, 5.74) is 0.108. The molecule has 3 aliphatic heterocycles. The molecule has 3 aliphatic rings. The zero-order valence-corrected chi connectivity index (χ0v) is 9.27. The highest BCUT2D eigenvalue weighted by Crippen LogP contribution is 2.35. The van der Waals surface area contributed by atoms with Crippen molar-refractivity contribution in [3.63, 3.8) is 0 Å². The van der Waals surface area contributed by atoms with E-state index in [4.69, 9.17) is 0 Å². The Labute approximate surface area is 89.6 Å². The highest BCUT2D eigenvalue weighted by atomic mass is 15.7. The Morgan fingerprint density at radius 3 is 1.93 bits per heavy atom. The third kappa shape index (κ3) is 1.24. The minimum atomic E-state index is 0.108. The van der Waals surface area contributed by atoms with Gasteiger partial charge in [-0.05, 0) is 0 Å². The van der Waals surface area contributed by atoms with Crippen molar-refractivity contribution in [2.75, 3.05) is 26.2 Å². The number of nitrogens with one attached hydrogen (secondary N) is 2. The SMILES string of the molecule is CC1(C)C2NCCN2N=NN2CCNC21. The zero-order chi connectivity index (χ0) is 10.5. The molecular formula is C9H18N6. The molecule has 0 spiro atoms. The average molecular weight is 210 g/mol. The maximum absolute atomic E-state index is 4.31. The van der Waals surface area contributed by atoms with Crippen LogP contribution in [0.3, 0.4) is 0 Å². The molecule has 0 aromatic heterocycles. The van der Waals surface area contributed by atoms with Crippen LogP contribution in [0.5, 0.6) is 0 Å². The normalized spacial score (nSPS) is 37.7. The largest absolute Gasteiger partial charge is 0.294 e. The maximum atomic E-state index is 4.31. The molecule has 0 aliphatic carbocycles. The predicted octanol–water partition coefficient (Wildman–Crippen LogP) is -0.229. The van der Waals surface area contributed by atoms with Crippen LogP contribution in [-0.2, 0) is 0 Å². The molecule has 6 nitrogen and oxygen atoms in total. The molecule has 0 amide bonds. The van der Waals surface area contributed by atoms with Gasteiger partial charge in [0.15, 0.2) is 0 Å². The molecular weight excluding hydrogens is 192 g/mol. The second kappa shape index (κ2) is 3.05. The van der Waals surface area contributed by atoms with E-state index in [1.54, 1.807) is 0 Å². The second-order valence-corrected chi connectivity index (χ2v) is 5.04. The van der Waals surface area contributed by atoms with Crippen molar-refractivity contribution < 1.29 is 0 Å². The van der Waals surface area contributed by atoms with E-state index < -0.39 is 0 Å². The molecule has 2 fully saturated rings. The van der Waals surface area contributed by atoms with Crippen LogP contribution < -0.4 is 10.6 Å². The quantitative estimate of drug-likeness (QED) is 0.580. The van der Waals surface area contributed by atoms with E-state index >= 15 is 0 Å². The number of rotatable bonds is 0. The standard InChI is InChI=1S/C9H18N6/c1-9(2)7-10-3-5-14(7)12-13-15-6-4-11-8(9)15/h7-8,10-11H,3-6H2,1-2H3. The molecule has 6 heteroatoms. The summed E-state index contributed by atoms with van der Waals surface area (Å²) in [5, 5.41) is 19.8. The monoisotopic (exact) mass is 210 g/mol. The van der Waals surface area contributed by atoms with E-state index in [9.17, 15) is 0 Å². The van der Waals surface area contributed by atoms with Crippen LogP contribution >= 0.6 is 0 Å². The smallest absolute Gasteiger partial charge is 0.107 e. The van der Waals surface area contributed by atoms with E-state index in [2.05, 4.69) is 44.9 Å². The Morgan fingerprint density at radius 2 is 1.47 bits per heavy atom. The molecule has 2 unspecified atom stereocenters. The second-order valence-electron chi connectivity index (χ2n) is 5.04. The lowest BCUT2D eigenvalue weighted by molar-refractivity contribution is 0.0545. The number of hydrogen-bond donors (Lipinski definition) is 2. The molecule has 2 saturated heterocycles. The van der Waals surface area contributed by atoms with Gasteiger partial charge in [-0.3, -0.25) is 20.7 Å². The van der Waals surface area contributed by atoms with Gasteiger partial charge in [0.1, 0.15) is 12.3 Å². The van der Waals surface area contributed by atoms with Crippen LogP contribution in [0.1, 0.15) is 13.8 Å². The van der Waals surface area contributed by atoms with E-state index in [1.165, 1.54) is 0 Å². The number of hydrogen-bond acceptors (Lipinski definition) is 6.